The molecule has 0 saturated heterocycles. The van der Waals surface area contributed by atoms with Crippen molar-refractivity contribution in [2.45, 2.75) is 6.42 Å². The molecule has 2 heterocycles. The SMILES string of the molecule is O=C(c1ccccc1)c1ccc([N+](=O)[O-])cc1.O=C1CC=CN1.c1ccncc1. The fraction of sp³-hybridized carbons (Fsp3) is 0.0455. The van der Waals surface area contributed by atoms with Crippen LogP contribution < -0.4 is 5.32 Å². The highest BCUT2D eigenvalue weighted by atomic mass is 16.6. The number of hydrogen-bond acceptors (Lipinski definition) is 5. The molecule has 1 aromatic heterocycles. The number of rotatable bonds is 3. The van der Waals surface area contributed by atoms with Crippen molar-refractivity contribution in [3.63, 3.8) is 0 Å². The fourth-order valence-electron chi connectivity index (χ4n) is 2.18. The monoisotopic (exact) mass is 389 g/mol. The summed E-state index contributed by atoms with van der Waals surface area (Å²) >= 11 is 0. The number of aromatic nitrogens is 1. The first-order chi connectivity index (χ1) is 14.1. The number of nitro groups is 1. The van der Waals surface area contributed by atoms with Gasteiger partial charge in [-0.05, 0) is 24.3 Å². The third-order valence-electron chi connectivity index (χ3n) is 3.61. The Bertz CT molecular complexity index is 920. The summed E-state index contributed by atoms with van der Waals surface area (Å²) in [7, 11) is 0. The summed E-state index contributed by atoms with van der Waals surface area (Å²) in [5.74, 6) is -0.0458. The molecule has 0 radical (unpaired) electrons. The Balaban J connectivity index is 0.000000202. The lowest BCUT2D eigenvalue weighted by atomic mass is 10.0. The van der Waals surface area contributed by atoms with E-state index in [1.807, 2.05) is 24.3 Å². The number of ketones is 1. The summed E-state index contributed by atoms with van der Waals surface area (Å²) in [5, 5.41) is 13.0. The van der Waals surface area contributed by atoms with Crippen LogP contribution in [-0.2, 0) is 4.79 Å². The minimum absolute atomic E-state index is 0.0189. The van der Waals surface area contributed by atoms with Crippen molar-refractivity contribution in [2.24, 2.45) is 0 Å². The molecule has 1 aliphatic rings. The maximum atomic E-state index is 12.0. The Morgan fingerprint density at radius 2 is 1.48 bits per heavy atom. The topological polar surface area (TPSA) is 102 Å². The van der Waals surface area contributed by atoms with Gasteiger partial charge < -0.3 is 5.32 Å². The number of nitro benzene ring substituents is 1. The van der Waals surface area contributed by atoms with Gasteiger partial charge >= 0.3 is 0 Å². The maximum absolute atomic E-state index is 12.0. The molecule has 0 atom stereocenters. The molecule has 0 spiro atoms. The van der Waals surface area contributed by atoms with E-state index < -0.39 is 4.92 Å². The number of nitrogens with one attached hydrogen (secondary N) is 1. The van der Waals surface area contributed by atoms with Gasteiger partial charge in [-0.3, -0.25) is 24.7 Å². The van der Waals surface area contributed by atoms with Gasteiger partial charge in [-0.25, -0.2) is 0 Å². The molecule has 4 rings (SSSR count). The standard InChI is InChI=1S/C13H9NO3.C5H5N.C4H5NO/c15-13(10-4-2-1-3-5-10)11-6-8-12(9-7-11)14(16)17;1-2-4-6-5-3-1;6-4-2-1-3-5-4/h1-9H;1-5H;1,3H,2H2,(H,5,6). The summed E-state index contributed by atoms with van der Waals surface area (Å²) in [4.78, 5) is 35.8. The molecular formula is C22H19N3O4. The van der Waals surface area contributed by atoms with Gasteiger partial charge in [0.05, 0.1) is 4.92 Å². The molecule has 7 nitrogen and oxygen atoms in total. The summed E-state index contributed by atoms with van der Waals surface area (Å²) in [6, 6.07) is 20.1. The summed E-state index contributed by atoms with van der Waals surface area (Å²) in [6.45, 7) is 0. The second-order valence-corrected chi connectivity index (χ2v) is 5.70. The van der Waals surface area contributed by atoms with Crippen molar-refractivity contribution in [2.75, 3.05) is 0 Å². The number of amides is 1. The van der Waals surface area contributed by atoms with Crippen LogP contribution in [0.2, 0.25) is 0 Å². The molecule has 0 saturated carbocycles. The van der Waals surface area contributed by atoms with Crippen molar-refractivity contribution in [3.05, 3.63) is 119 Å². The van der Waals surface area contributed by atoms with E-state index in [-0.39, 0.29) is 17.4 Å². The average Bonchev–Trinajstić information content (AvgIpc) is 3.27. The van der Waals surface area contributed by atoms with Crippen LogP contribution in [0.15, 0.2) is 97.5 Å². The zero-order valence-corrected chi connectivity index (χ0v) is 15.5. The molecule has 0 aliphatic carbocycles. The third kappa shape index (κ3) is 7.56. The highest BCUT2D eigenvalue weighted by Gasteiger charge is 2.10. The molecule has 0 bridgehead atoms. The number of nitrogens with zero attached hydrogens (tertiary/aromatic N) is 2. The predicted octanol–water partition coefficient (Wildman–Crippen LogP) is 3.93. The van der Waals surface area contributed by atoms with E-state index in [0.29, 0.717) is 17.5 Å². The third-order valence-corrected chi connectivity index (χ3v) is 3.61. The van der Waals surface area contributed by atoms with Gasteiger partial charge in [-0.1, -0.05) is 42.5 Å². The van der Waals surface area contributed by atoms with Crippen molar-refractivity contribution in [3.8, 4) is 0 Å². The van der Waals surface area contributed by atoms with Gasteiger partial charge in [-0.15, -0.1) is 0 Å². The van der Waals surface area contributed by atoms with Crippen LogP contribution in [0.25, 0.3) is 0 Å². The number of non-ortho nitro benzene ring substituents is 1. The van der Waals surface area contributed by atoms with Gasteiger partial charge in [0, 0.05) is 48.3 Å². The highest BCUT2D eigenvalue weighted by Crippen LogP contribution is 2.15. The number of pyridine rings is 1. The Morgan fingerprint density at radius 3 is 1.86 bits per heavy atom. The Morgan fingerprint density at radius 1 is 0.897 bits per heavy atom. The maximum Gasteiger partial charge on any atom is 0.269 e. The van der Waals surface area contributed by atoms with E-state index in [2.05, 4.69) is 10.3 Å². The van der Waals surface area contributed by atoms with Gasteiger partial charge in [-0.2, -0.15) is 0 Å². The quantitative estimate of drug-likeness (QED) is 0.415. The smallest absolute Gasteiger partial charge is 0.269 e. The van der Waals surface area contributed by atoms with Crippen molar-refractivity contribution < 1.29 is 14.5 Å². The van der Waals surface area contributed by atoms with E-state index in [1.165, 1.54) is 24.3 Å². The molecule has 1 N–H and O–H groups in total. The largest absolute Gasteiger partial charge is 0.333 e. The molecule has 7 heteroatoms. The van der Waals surface area contributed by atoms with Crippen LogP contribution in [0, 0.1) is 10.1 Å². The minimum atomic E-state index is -0.489. The van der Waals surface area contributed by atoms with Crippen LogP contribution in [0.3, 0.4) is 0 Å². The number of benzene rings is 2. The number of carbonyl (C=O) groups excluding carboxylic acids is 2. The van der Waals surface area contributed by atoms with Crippen LogP contribution >= 0.6 is 0 Å². The average molecular weight is 389 g/mol. The zero-order valence-electron chi connectivity index (χ0n) is 15.5. The number of carbonyl (C=O) groups is 2. The lowest BCUT2D eigenvalue weighted by Gasteiger charge is -2.00. The van der Waals surface area contributed by atoms with Crippen molar-refractivity contribution in [1.82, 2.24) is 10.3 Å². The van der Waals surface area contributed by atoms with Crippen LogP contribution in [0.5, 0.6) is 0 Å². The van der Waals surface area contributed by atoms with Gasteiger partial charge in [0.15, 0.2) is 5.78 Å². The van der Waals surface area contributed by atoms with E-state index >= 15 is 0 Å². The molecule has 1 aliphatic heterocycles. The van der Waals surface area contributed by atoms with E-state index in [0.717, 1.165) is 0 Å². The fourth-order valence-corrected chi connectivity index (χ4v) is 2.18. The molecule has 0 unspecified atom stereocenters. The van der Waals surface area contributed by atoms with Gasteiger partial charge in [0.25, 0.3) is 5.69 Å². The first-order valence-corrected chi connectivity index (χ1v) is 8.71. The summed E-state index contributed by atoms with van der Waals surface area (Å²) in [5.41, 5.74) is 0.998. The lowest BCUT2D eigenvalue weighted by molar-refractivity contribution is -0.384. The molecule has 0 fully saturated rings. The van der Waals surface area contributed by atoms with Crippen LogP contribution in [0.1, 0.15) is 22.3 Å². The molecule has 1 amide bonds. The Labute approximate surface area is 167 Å². The highest BCUT2D eigenvalue weighted by molar-refractivity contribution is 6.09. The van der Waals surface area contributed by atoms with E-state index in [9.17, 15) is 19.7 Å². The van der Waals surface area contributed by atoms with Crippen molar-refractivity contribution in [1.29, 1.82) is 0 Å². The Hall–Kier alpha value is -4.13. The lowest BCUT2D eigenvalue weighted by Crippen LogP contribution is -2.08. The van der Waals surface area contributed by atoms with Gasteiger partial charge in [0.1, 0.15) is 0 Å². The molecule has 146 valence electrons. The normalized spacial score (nSPS) is 11.2. The first kappa shape index (κ1) is 21.2. The first-order valence-electron chi connectivity index (χ1n) is 8.71. The summed E-state index contributed by atoms with van der Waals surface area (Å²) < 4.78 is 0. The molecular weight excluding hydrogens is 370 g/mol. The molecule has 3 aromatic rings. The zero-order chi connectivity index (χ0) is 20.9. The predicted molar refractivity (Wildman–Crippen MR) is 109 cm³/mol. The molecule has 29 heavy (non-hydrogen) atoms. The molecule has 2 aromatic carbocycles. The van der Waals surface area contributed by atoms with Crippen LogP contribution in [-0.4, -0.2) is 21.6 Å². The second kappa shape index (κ2) is 11.6. The van der Waals surface area contributed by atoms with Gasteiger partial charge in [0.2, 0.25) is 5.91 Å². The Kier molecular flexibility index (Phi) is 8.44. The van der Waals surface area contributed by atoms with Crippen molar-refractivity contribution >= 4 is 17.4 Å². The van der Waals surface area contributed by atoms with Crippen LogP contribution in [0.4, 0.5) is 5.69 Å². The number of hydrogen-bond donors (Lipinski definition) is 1. The van der Waals surface area contributed by atoms with E-state index in [1.54, 1.807) is 48.9 Å². The van der Waals surface area contributed by atoms with E-state index in [4.69, 9.17) is 0 Å². The summed E-state index contributed by atoms with van der Waals surface area (Å²) in [6.07, 6.45) is 7.50. The second-order valence-electron chi connectivity index (χ2n) is 5.70. The minimum Gasteiger partial charge on any atom is -0.333 e.